The number of hydrogen-bond donors (Lipinski definition) is 1. The first-order valence-electron chi connectivity index (χ1n) is 9.01. The first-order chi connectivity index (χ1) is 13.6. The maximum absolute atomic E-state index is 12.1. The number of thiazole rings is 1. The molecule has 146 valence electrons. The number of hydrogen-bond acceptors (Lipinski definition) is 5. The van der Waals surface area contributed by atoms with Gasteiger partial charge < -0.3 is 9.47 Å². The number of halogens is 1. The Bertz CT molecular complexity index is 895. The molecule has 0 aliphatic rings. The van der Waals surface area contributed by atoms with E-state index < -0.39 is 0 Å². The maximum atomic E-state index is 12.1. The predicted octanol–water partition coefficient (Wildman–Crippen LogP) is 5.77. The van der Waals surface area contributed by atoms with Crippen LogP contribution in [0.4, 0.5) is 5.13 Å². The van der Waals surface area contributed by atoms with Crippen LogP contribution in [0.1, 0.15) is 19.8 Å². The van der Waals surface area contributed by atoms with Crippen LogP contribution in [0.3, 0.4) is 0 Å². The maximum Gasteiger partial charge on any atom is 0.264 e. The van der Waals surface area contributed by atoms with Gasteiger partial charge in [-0.2, -0.15) is 0 Å². The van der Waals surface area contributed by atoms with E-state index in [4.69, 9.17) is 9.47 Å². The molecule has 1 aromatic heterocycles. The molecule has 1 amide bonds. The molecule has 0 saturated heterocycles. The van der Waals surface area contributed by atoms with Gasteiger partial charge in [-0.15, -0.1) is 11.3 Å². The van der Waals surface area contributed by atoms with Crippen LogP contribution in [-0.4, -0.2) is 24.1 Å². The molecule has 0 aliphatic carbocycles. The van der Waals surface area contributed by atoms with E-state index >= 15 is 0 Å². The highest BCUT2D eigenvalue weighted by molar-refractivity contribution is 9.10. The zero-order chi connectivity index (χ0) is 19.8. The van der Waals surface area contributed by atoms with Crippen LogP contribution in [0.5, 0.6) is 11.5 Å². The van der Waals surface area contributed by atoms with Crippen LogP contribution >= 0.6 is 27.3 Å². The third-order valence-corrected chi connectivity index (χ3v) is 5.14. The molecule has 0 saturated carbocycles. The molecular formula is C21H21BrN2O3S. The Morgan fingerprint density at radius 3 is 2.46 bits per heavy atom. The van der Waals surface area contributed by atoms with Gasteiger partial charge in [0, 0.05) is 15.4 Å². The molecule has 1 heterocycles. The fourth-order valence-corrected chi connectivity index (χ4v) is 3.36. The molecule has 0 spiro atoms. The summed E-state index contributed by atoms with van der Waals surface area (Å²) in [6, 6.07) is 15.1. The molecule has 5 nitrogen and oxygen atoms in total. The van der Waals surface area contributed by atoms with Crippen LogP contribution in [0.2, 0.25) is 0 Å². The minimum Gasteiger partial charge on any atom is -0.494 e. The lowest BCUT2D eigenvalue weighted by molar-refractivity contribution is -0.118. The van der Waals surface area contributed by atoms with Gasteiger partial charge in [0.25, 0.3) is 5.91 Å². The van der Waals surface area contributed by atoms with Crippen LogP contribution in [0.25, 0.3) is 11.3 Å². The summed E-state index contributed by atoms with van der Waals surface area (Å²) in [6.07, 6.45) is 2.15. The molecule has 3 rings (SSSR count). The van der Waals surface area contributed by atoms with Crippen molar-refractivity contribution in [2.24, 2.45) is 0 Å². The van der Waals surface area contributed by atoms with Crippen molar-refractivity contribution in [2.75, 3.05) is 18.5 Å². The van der Waals surface area contributed by atoms with Gasteiger partial charge in [0.05, 0.1) is 12.3 Å². The van der Waals surface area contributed by atoms with Crippen LogP contribution in [0.15, 0.2) is 58.4 Å². The normalized spacial score (nSPS) is 10.5. The molecular weight excluding hydrogens is 440 g/mol. The van der Waals surface area contributed by atoms with Gasteiger partial charge in [0.1, 0.15) is 11.5 Å². The van der Waals surface area contributed by atoms with Crippen molar-refractivity contribution < 1.29 is 14.3 Å². The van der Waals surface area contributed by atoms with Crippen molar-refractivity contribution >= 4 is 38.3 Å². The third-order valence-electron chi connectivity index (χ3n) is 3.85. The van der Waals surface area contributed by atoms with E-state index in [0.29, 0.717) is 10.9 Å². The first kappa shape index (κ1) is 20.4. The average Bonchev–Trinajstić information content (AvgIpc) is 3.17. The Kier molecular flexibility index (Phi) is 7.45. The van der Waals surface area contributed by atoms with E-state index in [1.54, 1.807) is 12.1 Å². The zero-order valence-electron chi connectivity index (χ0n) is 15.5. The largest absolute Gasteiger partial charge is 0.494 e. The Labute approximate surface area is 176 Å². The monoisotopic (exact) mass is 460 g/mol. The molecule has 0 bridgehead atoms. The number of nitrogens with zero attached hydrogens (tertiary/aromatic N) is 1. The minimum absolute atomic E-state index is 0.0691. The molecule has 7 heteroatoms. The summed E-state index contributed by atoms with van der Waals surface area (Å²) in [7, 11) is 0. The molecule has 0 aliphatic heterocycles. The summed E-state index contributed by atoms with van der Waals surface area (Å²) < 4.78 is 12.1. The van der Waals surface area contributed by atoms with Gasteiger partial charge in [0.2, 0.25) is 0 Å². The van der Waals surface area contributed by atoms with E-state index in [1.807, 2.05) is 41.8 Å². The quantitative estimate of drug-likeness (QED) is 0.411. The molecule has 1 N–H and O–H groups in total. The minimum atomic E-state index is -0.247. The molecule has 0 radical (unpaired) electrons. The second-order valence-corrected chi connectivity index (χ2v) is 7.83. The Morgan fingerprint density at radius 1 is 1.07 bits per heavy atom. The third kappa shape index (κ3) is 6.07. The first-order valence-corrected chi connectivity index (χ1v) is 10.7. The van der Waals surface area contributed by atoms with Gasteiger partial charge in [-0.3, -0.25) is 10.1 Å². The lowest BCUT2D eigenvalue weighted by Crippen LogP contribution is -2.20. The number of benzene rings is 2. The molecule has 2 aromatic carbocycles. The number of unbranched alkanes of at least 4 members (excludes halogenated alkanes) is 1. The van der Waals surface area contributed by atoms with Crippen molar-refractivity contribution in [3.63, 3.8) is 0 Å². The van der Waals surface area contributed by atoms with Crippen molar-refractivity contribution in [1.29, 1.82) is 0 Å². The highest BCUT2D eigenvalue weighted by Gasteiger charge is 2.09. The smallest absolute Gasteiger partial charge is 0.264 e. The zero-order valence-corrected chi connectivity index (χ0v) is 17.9. The summed E-state index contributed by atoms with van der Waals surface area (Å²) in [5.41, 5.74) is 1.79. The van der Waals surface area contributed by atoms with Gasteiger partial charge in [-0.05, 0) is 55.0 Å². The second-order valence-electron chi connectivity index (χ2n) is 6.06. The van der Waals surface area contributed by atoms with E-state index in [9.17, 15) is 4.79 Å². The summed E-state index contributed by atoms with van der Waals surface area (Å²) >= 11 is 4.74. The van der Waals surface area contributed by atoms with Gasteiger partial charge >= 0.3 is 0 Å². The summed E-state index contributed by atoms with van der Waals surface area (Å²) in [5.74, 6) is 1.24. The van der Waals surface area contributed by atoms with Gasteiger partial charge in [-0.25, -0.2) is 4.98 Å². The predicted molar refractivity (Wildman–Crippen MR) is 116 cm³/mol. The van der Waals surface area contributed by atoms with Crippen LogP contribution < -0.4 is 14.8 Å². The molecule has 0 atom stereocenters. The molecule has 0 fully saturated rings. The van der Waals surface area contributed by atoms with E-state index in [0.717, 1.165) is 40.9 Å². The van der Waals surface area contributed by atoms with Crippen molar-refractivity contribution in [1.82, 2.24) is 4.98 Å². The number of aromatic nitrogens is 1. The van der Waals surface area contributed by atoms with E-state index in [-0.39, 0.29) is 12.5 Å². The number of carbonyl (C=O) groups is 1. The number of nitrogens with one attached hydrogen (secondary N) is 1. The Morgan fingerprint density at radius 2 is 1.75 bits per heavy atom. The molecule has 3 aromatic rings. The Hall–Kier alpha value is -2.38. The molecule has 0 unspecified atom stereocenters. The van der Waals surface area contributed by atoms with Gasteiger partial charge in [0.15, 0.2) is 11.7 Å². The molecule has 28 heavy (non-hydrogen) atoms. The number of amides is 1. The topological polar surface area (TPSA) is 60.5 Å². The SMILES string of the molecule is CCCCOc1ccc(-c2csc(NC(=O)COc3ccc(Br)cc3)n2)cc1. The van der Waals surface area contributed by atoms with Gasteiger partial charge in [-0.1, -0.05) is 29.3 Å². The van der Waals surface area contributed by atoms with Crippen molar-refractivity contribution in [3.8, 4) is 22.8 Å². The Balaban J connectivity index is 1.51. The number of ether oxygens (including phenoxy) is 2. The lowest BCUT2D eigenvalue weighted by Gasteiger charge is -2.06. The van der Waals surface area contributed by atoms with Crippen LogP contribution in [-0.2, 0) is 4.79 Å². The summed E-state index contributed by atoms with van der Waals surface area (Å²) in [6.45, 7) is 2.80. The van der Waals surface area contributed by atoms with Crippen molar-refractivity contribution in [2.45, 2.75) is 19.8 Å². The number of anilines is 1. The van der Waals surface area contributed by atoms with Crippen molar-refractivity contribution in [3.05, 3.63) is 58.4 Å². The summed E-state index contributed by atoms with van der Waals surface area (Å²) in [5, 5.41) is 5.23. The average molecular weight is 461 g/mol. The van der Waals surface area contributed by atoms with E-state index in [1.165, 1.54) is 11.3 Å². The second kappa shape index (κ2) is 10.2. The van der Waals surface area contributed by atoms with E-state index in [2.05, 4.69) is 33.2 Å². The standard InChI is InChI=1S/C21H21BrN2O3S/c1-2-3-12-26-17-8-4-15(5-9-17)19-14-28-21(23-19)24-20(25)13-27-18-10-6-16(22)7-11-18/h4-11,14H,2-3,12-13H2,1H3,(H,23,24,25). The number of carbonyl (C=O) groups excluding carboxylic acids is 1. The fourth-order valence-electron chi connectivity index (χ4n) is 2.36. The number of rotatable bonds is 9. The van der Waals surface area contributed by atoms with Crippen LogP contribution in [0, 0.1) is 0 Å². The summed E-state index contributed by atoms with van der Waals surface area (Å²) in [4.78, 5) is 16.5. The fraction of sp³-hybridized carbons (Fsp3) is 0.238. The lowest BCUT2D eigenvalue weighted by atomic mass is 10.2. The highest BCUT2D eigenvalue weighted by Crippen LogP contribution is 2.26. The highest BCUT2D eigenvalue weighted by atomic mass is 79.9.